The Hall–Kier alpha value is -2.60. The first-order valence-electron chi connectivity index (χ1n) is 7.90. The molecule has 3 rings (SSSR count). The van der Waals surface area contributed by atoms with Crippen LogP contribution in [0.3, 0.4) is 0 Å². The van der Waals surface area contributed by atoms with E-state index in [9.17, 15) is 4.79 Å². The number of ketones is 1. The number of carbonyl (C=O) groups excluding carboxylic acids is 1. The predicted molar refractivity (Wildman–Crippen MR) is 98.7 cm³/mol. The van der Waals surface area contributed by atoms with Crippen molar-refractivity contribution in [2.75, 3.05) is 7.11 Å². The summed E-state index contributed by atoms with van der Waals surface area (Å²) in [6.07, 6.45) is 1.65. The van der Waals surface area contributed by atoms with E-state index in [1.807, 2.05) is 66.9 Å². The third-order valence-electron chi connectivity index (χ3n) is 3.85. The van der Waals surface area contributed by atoms with Crippen molar-refractivity contribution in [2.45, 2.75) is 24.3 Å². The summed E-state index contributed by atoms with van der Waals surface area (Å²) in [6, 6.07) is 15.2. The van der Waals surface area contributed by atoms with Crippen LogP contribution in [0.5, 0.6) is 5.75 Å². The van der Waals surface area contributed by atoms with E-state index in [1.165, 1.54) is 11.8 Å². The predicted octanol–water partition coefficient (Wildman–Crippen LogP) is 3.95. The van der Waals surface area contributed by atoms with E-state index in [-0.39, 0.29) is 11.0 Å². The fourth-order valence-corrected chi connectivity index (χ4v) is 3.31. The summed E-state index contributed by atoms with van der Waals surface area (Å²) in [5.41, 5.74) is 2.76. The number of aryl methyl sites for hydroxylation is 1. The fraction of sp³-hybridized carbons (Fsp3) is 0.211. The second-order valence-corrected chi connectivity index (χ2v) is 6.98. The van der Waals surface area contributed by atoms with E-state index in [0.29, 0.717) is 10.7 Å². The van der Waals surface area contributed by atoms with Crippen LogP contribution in [0.15, 0.2) is 60.0 Å². The molecule has 0 aliphatic heterocycles. The number of hydrogen-bond donors (Lipinski definition) is 0. The number of methoxy groups -OCH3 is 1. The lowest BCUT2D eigenvalue weighted by Gasteiger charge is -2.11. The summed E-state index contributed by atoms with van der Waals surface area (Å²) in [5.74, 6) is 0.864. The molecule has 2 aromatic carbocycles. The molecule has 1 aromatic heterocycles. The summed E-state index contributed by atoms with van der Waals surface area (Å²) >= 11 is 1.40. The number of rotatable bonds is 6. The summed E-state index contributed by atoms with van der Waals surface area (Å²) in [6.45, 7) is 3.89. The van der Waals surface area contributed by atoms with Gasteiger partial charge >= 0.3 is 0 Å². The van der Waals surface area contributed by atoms with Gasteiger partial charge in [-0.15, -0.1) is 10.2 Å². The molecule has 0 aliphatic carbocycles. The average Bonchev–Trinajstić information content (AvgIpc) is 3.10. The second-order valence-electron chi connectivity index (χ2n) is 5.67. The molecule has 5 nitrogen and oxygen atoms in total. The van der Waals surface area contributed by atoms with E-state index in [1.54, 1.807) is 13.4 Å². The van der Waals surface area contributed by atoms with Crippen LogP contribution in [0, 0.1) is 6.92 Å². The second kappa shape index (κ2) is 7.53. The van der Waals surface area contributed by atoms with Crippen LogP contribution >= 0.6 is 11.8 Å². The van der Waals surface area contributed by atoms with Crippen molar-refractivity contribution in [3.8, 4) is 11.4 Å². The molecular formula is C19H19N3O2S. The molecule has 1 atom stereocenters. The summed E-state index contributed by atoms with van der Waals surface area (Å²) in [4.78, 5) is 12.6. The Kier molecular flexibility index (Phi) is 5.19. The zero-order chi connectivity index (χ0) is 17.8. The SMILES string of the molecule is COc1ccc(-n2cnnc2S[C@H](C)C(=O)c2ccc(C)cc2)cc1. The molecule has 0 saturated carbocycles. The number of ether oxygens (including phenoxy) is 1. The molecule has 1 heterocycles. The van der Waals surface area contributed by atoms with Crippen LogP contribution in [0.2, 0.25) is 0 Å². The minimum absolute atomic E-state index is 0.0780. The normalized spacial score (nSPS) is 12.0. The van der Waals surface area contributed by atoms with Crippen molar-refractivity contribution in [1.29, 1.82) is 0 Å². The molecule has 25 heavy (non-hydrogen) atoms. The van der Waals surface area contributed by atoms with Gasteiger partial charge in [-0.05, 0) is 38.1 Å². The van der Waals surface area contributed by atoms with E-state index >= 15 is 0 Å². The number of aromatic nitrogens is 3. The van der Waals surface area contributed by atoms with Crippen LogP contribution in [0.25, 0.3) is 5.69 Å². The zero-order valence-electron chi connectivity index (χ0n) is 14.3. The Labute approximate surface area is 151 Å². The molecule has 0 spiro atoms. The van der Waals surface area contributed by atoms with Gasteiger partial charge in [0.2, 0.25) is 0 Å². The van der Waals surface area contributed by atoms with E-state index < -0.39 is 0 Å². The quantitative estimate of drug-likeness (QED) is 0.496. The summed E-state index contributed by atoms with van der Waals surface area (Å²) in [7, 11) is 1.63. The van der Waals surface area contributed by atoms with Gasteiger partial charge in [-0.2, -0.15) is 0 Å². The van der Waals surface area contributed by atoms with Gasteiger partial charge in [-0.1, -0.05) is 41.6 Å². The number of carbonyl (C=O) groups is 1. The lowest BCUT2D eigenvalue weighted by molar-refractivity contribution is 0.0994. The van der Waals surface area contributed by atoms with E-state index in [4.69, 9.17) is 4.74 Å². The molecule has 3 aromatic rings. The first-order chi connectivity index (χ1) is 12.1. The van der Waals surface area contributed by atoms with Gasteiger partial charge in [-0.25, -0.2) is 0 Å². The Morgan fingerprint density at radius 3 is 2.44 bits per heavy atom. The molecular weight excluding hydrogens is 334 g/mol. The lowest BCUT2D eigenvalue weighted by Crippen LogP contribution is -2.14. The molecule has 0 aliphatic rings. The molecule has 0 unspecified atom stereocenters. The zero-order valence-corrected chi connectivity index (χ0v) is 15.2. The van der Waals surface area contributed by atoms with Crippen molar-refractivity contribution in [2.24, 2.45) is 0 Å². The number of Topliss-reactive ketones (excluding diaryl/α,β-unsaturated/α-hetero) is 1. The largest absolute Gasteiger partial charge is 0.497 e. The van der Waals surface area contributed by atoms with Gasteiger partial charge in [0, 0.05) is 11.3 Å². The van der Waals surface area contributed by atoms with Crippen LogP contribution in [0.4, 0.5) is 0 Å². The smallest absolute Gasteiger partial charge is 0.196 e. The van der Waals surface area contributed by atoms with Gasteiger partial charge in [0.15, 0.2) is 10.9 Å². The van der Waals surface area contributed by atoms with E-state index in [0.717, 1.165) is 17.0 Å². The number of hydrogen-bond acceptors (Lipinski definition) is 5. The molecule has 6 heteroatoms. The van der Waals surface area contributed by atoms with Crippen LogP contribution in [-0.2, 0) is 0 Å². The highest BCUT2D eigenvalue weighted by molar-refractivity contribution is 8.00. The number of thioether (sulfide) groups is 1. The Balaban J connectivity index is 1.78. The highest BCUT2D eigenvalue weighted by atomic mass is 32.2. The van der Waals surface area contributed by atoms with Crippen LogP contribution in [0.1, 0.15) is 22.8 Å². The lowest BCUT2D eigenvalue weighted by atomic mass is 10.1. The molecule has 128 valence electrons. The average molecular weight is 353 g/mol. The first kappa shape index (κ1) is 17.2. The van der Waals surface area contributed by atoms with Crippen molar-refractivity contribution in [1.82, 2.24) is 14.8 Å². The maximum atomic E-state index is 12.6. The number of benzene rings is 2. The highest BCUT2D eigenvalue weighted by Gasteiger charge is 2.19. The molecule has 0 N–H and O–H groups in total. The van der Waals surface area contributed by atoms with Gasteiger partial charge in [0.1, 0.15) is 12.1 Å². The van der Waals surface area contributed by atoms with Crippen molar-refractivity contribution in [3.05, 3.63) is 66.0 Å². The Morgan fingerprint density at radius 2 is 1.80 bits per heavy atom. The third kappa shape index (κ3) is 3.91. The van der Waals surface area contributed by atoms with Gasteiger partial charge in [0.05, 0.1) is 12.4 Å². The summed E-state index contributed by atoms with van der Waals surface area (Å²) < 4.78 is 7.04. The minimum atomic E-state index is -0.260. The van der Waals surface area contributed by atoms with Crippen LogP contribution in [-0.4, -0.2) is 32.9 Å². The molecule has 0 saturated heterocycles. The van der Waals surface area contributed by atoms with Crippen molar-refractivity contribution >= 4 is 17.5 Å². The maximum Gasteiger partial charge on any atom is 0.196 e. The van der Waals surface area contributed by atoms with Crippen LogP contribution < -0.4 is 4.74 Å². The molecule has 0 bridgehead atoms. The maximum absolute atomic E-state index is 12.6. The molecule has 0 fully saturated rings. The van der Waals surface area contributed by atoms with Gasteiger partial charge < -0.3 is 4.74 Å². The fourth-order valence-electron chi connectivity index (χ4n) is 2.39. The van der Waals surface area contributed by atoms with Crippen molar-refractivity contribution < 1.29 is 9.53 Å². The highest BCUT2D eigenvalue weighted by Crippen LogP contribution is 2.26. The molecule has 0 radical (unpaired) electrons. The number of nitrogens with zero attached hydrogens (tertiary/aromatic N) is 3. The minimum Gasteiger partial charge on any atom is -0.497 e. The third-order valence-corrected chi connectivity index (χ3v) is 4.91. The topological polar surface area (TPSA) is 57.0 Å². The Morgan fingerprint density at radius 1 is 1.12 bits per heavy atom. The summed E-state index contributed by atoms with van der Waals surface area (Å²) in [5, 5.41) is 8.56. The van der Waals surface area contributed by atoms with E-state index in [2.05, 4.69) is 10.2 Å². The standard InChI is InChI=1S/C19H19N3O2S/c1-13-4-6-15(7-5-13)18(23)14(2)25-19-21-20-12-22(19)16-8-10-17(24-3)11-9-16/h4-12,14H,1-3H3/t14-/m1/s1. The van der Waals surface area contributed by atoms with Gasteiger partial charge in [0.25, 0.3) is 0 Å². The first-order valence-corrected chi connectivity index (χ1v) is 8.78. The van der Waals surface area contributed by atoms with Crippen molar-refractivity contribution in [3.63, 3.8) is 0 Å². The van der Waals surface area contributed by atoms with Gasteiger partial charge in [-0.3, -0.25) is 9.36 Å². The molecule has 0 amide bonds. The Bertz CT molecular complexity index is 857. The monoisotopic (exact) mass is 353 g/mol.